The van der Waals surface area contributed by atoms with Crippen LogP contribution in [-0.2, 0) is 10.0 Å². The molecule has 7 heteroatoms. The molecule has 0 aromatic heterocycles. The van der Waals surface area contributed by atoms with Crippen molar-refractivity contribution in [1.29, 1.82) is 0 Å². The van der Waals surface area contributed by atoms with Crippen molar-refractivity contribution < 1.29 is 17.2 Å². The predicted octanol–water partition coefficient (Wildman–Crippen LogP) is 3.39. The van der Waals surface area contributed by atoms with Crippen LogP contribution >= 0.6 is 0 Å². The number of benzene rings is 2. The van der Waals surface area contributed by atoms with E-state index in [1.165, 1.54) is 24.3 Å². The highest BCUT2D eigenvalue weighted by Crippen LogP contribution is 2.26. The van der Waals surface area contributed by atoms with E-state index in [9.17, 15) is 17.2 Å². The SMILES string of the molecule is Cc1cc(F)ccc1S(=O)(=O)NCC(c1ccc(F)cc1)N1CCCC1. The van der Waals surface area contributed by atoms with Gasteiger partial charge in [-0.25, -0.2) is 21.9 Å². The van der Waals surface area contributed by atoms with Gasteiger partial charge in [-0.05, 0) is 74.3 Å². The second kappa shape index (κ2) is 7.82. The van der Waals surface area contributed by atoms with E-state index in [0.717, 1.165) is 37.6 Å². The number of sulfonamides is 1. The molecular formula is C19H22F2N2O2S. The normalized spacial score (nSPS) is 16.7. The molecule has 0 bridgehead atoms. The van der Waals surface area contributed by atoms with Gasteiger partial charge in [0.15, 0.2) is 0 Å². The van der Waals surface area contributed by atoms with Crippen LogP contribution in [0.2, 0.25) is 0 Å². The molecule has 1 aliphatic rings. The van der Waals surface area contributed by atoms with E-state index in [1.807, 2.05) is 0 Å². The minimum absolute atomic E-state index is 0.0678. The van der Waals surface area contributed by atoms with E-state index < -0.39 is 15.8 Å². The van der Waals surface area contributed by atoms with Gasteiger partial charge in [0.25, 0.3) is 0 Å². The average molecular weight is 380 g/mol. The van der Waals surface area contributed by atoms with E-state index in [-0.39, 0.29) is 23.3 Å². The molecule has 1 aliphatic heterocycles. The van der Waals surface area contributed by atoms with Crippen LogP contribution in [0.25, 0.3) is 0 Å². The van der Waals surface area contributed by atoms with Gasteiger partial charge >= 0.3 is 0 Å². The summed E-state index contributed by atoms with van der Waals surface area (Å²) < 4.78 is 54.5. The lowest BCUT2D eigenvalue weighted by Crippen LogP contribution is -2.37. The lowest BCUT2D eigenvalue weighted by Gasteiger charge is -2.28. The van der Waals surface area contributed by atoms with Crippen molar-refractivity contribution >= 4 is 10.0 Å². The smallest absolute Gasteiger partial charge is 0.240 e. The Morgan fingerprint density at radius 1 is 1.04 bits per heavy atom. The molecule has 1 fully saturated rings. The first-order valence-electron chi connectivity index (χ1n) is 8.62. The highest BCUT2D eigenvalue weighted by atomic mass is 32.2. The van der Waals surface area contributed by atoms with Crippen LogP contribution < -0.4 is 4.72 Å². The molecule has 1 atom stereocenters. The van der Waals surface area contributed by atoms with Crippen molar-refractivity contribution in [3.8, 4) is 0 Å². The van der Waals surface area contributed by atoms with Crippen LogP contribution in [-0.4, -0.2) is 33.0 Å². The molecule has 0 aliphatic carbocycles. The third-order valence-electron chi connectivity index (χ3n) is 4.73. The average Bonchev–Trinajstić information content (AvgIpc) is 3.10. The van der Waals surface area contributed by atoms with Gasteiger partial charge < -0.3 is 0 Å². The van der Waals surface area contributed by atoms with Gasteiger partial charge in [-0.3, -0.25) is 4.90 Å². The van der Waals surface area contributed by atoms with Gasteiger partial charge in [0.2, 0.25) is 10.0 Å². The Bertz CT molecular complexity index is 864. The number of hydrogen-bond donors (Lipinski definition) is 1. The summed E-state index contributed by atoms with van der Waals surface area (Å²) in [5.74, 6) is -0.792. The zero-order valence-electron chi connectivity index (χ0n) is 14.6. The maximum atomic E-state index is 13.3. The Labute approximate surface area is 152 Å². The monoisotopic (exact) mass is 380 g/mol. The molecule has 0 amide bonds. The minimum Gasteiger partial charge on any atom is -0.295 e. The van der Waals surface area contributed by atoms with Crippen LogP contribution in [0.5, 0.6) is 0 Å². The number of nitrogens with one attached hydrogen (secondary N) is 1. The van der Waals surface area contributed by atoms with Crippen LogP contribution in [0.4, 0.5) is 8.78 Å². The Kier molecular flexibility index (Phi) is 5.70. The molecule has 1 N–H and O–H groups in total. The summed E-state index contributed by atoms with van der Waals surface area (Å²) in [7, 11) is -3.77. The fraction of sp³-hybridized carbons (Fsp3) is 0.368. The summed E-state index contributed by atoms with van der Waals surface area (Å²) >= 11 is 0. The summed E-state index contributed by atoms with van der Waals surface area (Å²) in [6.07, 6.45) is 2.11. The summed E-state index contributed by atoms with van der Waals surface area (Å²) in [6.45, 7) is 3.49. The Balaban J connectivity index is 1.81. The van der Waals surface area contributed by atoms with Crippen molar-refractivity contribution in [2.45, 2.75) is 30.7 Å². The molecule has 4 nitrogen and oxygen atoms in total. The highest BCUT2D eigenvalue weighted by Gasteiger charge is 2.26. The number of rotatable bonds is 6. The zero-order chi connectivity index (χ0) is 18.7. The van der Waals surface area contributed by atoms with Gasteiger partial charge in [0.05, 0.1) is 4.90 Å². The Morgan fingerprint density at radius 2 is 1.65 bits per heavy atom. The second-order valence-corrected chi connectivity index (χ2v) is 8.31. The van der Waals surface area contributed by atoms with E-state index in [4.69, 9.17) is 0 Å². The van der Waals surface area contributed by atoms with E-state index in [1.54, 1.807) is 19.1 Å². The fourth-order valence-corrected chi connectivity index (χ4v) is 4.64. The second-order valence-electron chi connectivity index (χ2n) is 6.57. The van der Waals surface area contributed by atoms with Gasteiger partial charge in [-0.2, -0.15) is 0 Å². The number of likely N-dealkylation sites (tertiary alicyclic amines) is 1. The van der Waals surface area contributed by atoms with Gasteiger partial charge in [-0.1, -0.05) is 12.1 Å². The number of hydrogen-bond acceptors (Lipinski definition) is 3. The van der Waals surface area contributed by atoms with Crippen molar-refractivity contribution in [2.24, 2.45) is 0 Å². The standard InChI is InChI=1S/C19H22F2N2O2S/c1-14-12-17(21)8-9-19(14)26(24,25)22-13-18(23-10-2-3-11-23)15-4-6-16(20)7-5-15/h4-9,12,18,22H,2-3,10-11,13H2,1H3. The molecule has 26 heavy (non-hydrogen) atoms. The van der Waals surface area contributed by atoms with Crippen molar-refractivity contribution in [2.75, 3.05) is 19.6 Å². The van der Waals surface area contributed by atoms with Crippen LogP contribution in [0.15, 0.2) is 47.4 Å². The maximum Gasteiger partial charge on any atom is 0.240 e. The van der Waals surface area contributed by atoms with Crippen LogP contribution in [0.1, 0.15) is 30.0 Å². The molecule has 2 aromatic rings. The summed E-state index contributed by atoms with van der Waals surface area (Å²) in [5, 5.41) is 0. The molecule has 0 radical (unpaired) electrons. The van der Waals surface area contributed by atoms with Gasteiger partial charge in [0, 0.05) is 12.6 Å². The largest absolute Gasteiger partial charge is 0.295 e. The van der Waals surface area contributed by atoms with Gasteiger partial charge in [0.1, 0.15) is 11.6 Å². The van der Waals surface area contributed by atoms with Crippen LogP contribution in [0.3, 0.4) is 0 Å². The molecule has 0 saturated carbocycles. The molecule has 0 spiro atoms. The first kappa shape index (κ1) is 18.9. The Morgan fingerprint density at radius 3 is 2.27 bits per heavy atom. The lowest BCUT2D eigenvalue weighted by atomic mass is 10.1. The first-order valence-corrected chi connectivity index (χ1v) is 10.1. The minimum atomic E-state index is -3.77. The zero-order valence-corrected chi connectivity index (χ0v) is 15.4. The molecular weight excluding hydrogens is 358 g/mol. The molecule has 140 valence electrons. The third kappa shape index (κ3) is 4.28. The quantitative estimate of drug-likeness (QED) is 0.836. The fourth-order valence-electron chi connectivity index (χ4n) is 3.38. The lowest BCUT2D eigenvalue weighted by molar-refractivity contribution is 0.246. The topological polar surface area (TPSA) is 49.4 Å². The van der Waals surface area contributed by atoms with E-state index >= 15 is 0 Å². The summed E-state index contributed by atoms with van der Waals surface area (Å²) in [5.41, 5.74) is 1.23. The first-order chi connectivity index (χ1) is 12.4. The number of nitrogens with zero attached hydrogens (tertiary/aromatic N) is 1. The third-order valence-corrected chi connectivity index (χ3v) is 6.31. The van der Waals surface area contributed by atoms with Gasteiger partial charge in [-0.15, -0.1) is 0 Å². The molecule has 1 unspecified atom stereocenters. The molecule has 1 heterocycles. The predicted molar refractivity (Wildman–Crippen MR) is 96.3 cm³/mol. The van der Waals surface area contributed by atoms with Crippen molar-refractivity contribution in [3.05, 3.63) is 65.2 Å². The van der Waals surface area contributed by atoms with E-state index in [0.29, 0.717) is 5.56 Å². The summed E-state index contributed by atoms with van der Waals surface area (Å²) in [4.78, 5) is 2.27. The maximum absolute atomic E-state index is 13.3. The molecule has 3 rings (SSSR count). The number of aryl methyl sites for hydroxylation is 1. The Hall–Kier alpha value is -1.83. The molecule has 1 saturated heterocycles. The number of halogens is 2. The van der Waals surface area contributed by atoms with E-state index in [2.05, 4.69) is 9.62 Å². The van der Waals surface area contributed by atoms with Crippen LogP contribution in [0, 0.1) is 18.6 Å². The highest BCUT2D eigenvalue weighted by molar-refractivity contribution is 7.89. The molecule has 2 aromatic carbocycles. The summed E-state index contributed by atoms with van der Waals surface area (Å²) in [6, 6.07) is 9.59. The van der Waals surface area contributed by atoms with Crippen molar-refractivity contribution in [1.82, 2.24) is 9.62 Å². The van der Waals surface area contributed by atoms with Crippen molar-refractivity contribution in [3.63, 3.8) is 0 Å².